The van der Waals surface area contributed by atoms with Gasteiger partial charge in [-0.05, 0) is 31.2 Å². The number of nitrogens with one attached hydrogen (secondary N) is 1. The first-order chi connectivity index (χ1) is 11.6. The van der Waals surface area contributed by atoms with Crippen LogP contribution in [0, 0.1) is 0 Å². The molecule has 0 aliphatic heterocycles. The van der Waals surface area contributed by atoms with Gasteiger partial charge in [0.15, 0.2) is 6.10 Å². The number of hydrogen-bond acceptors (Lipinski definition) is 5. The maximum atomic E-state index is 12.4. The summed E-state index contributed by atoms with van der Waals surface area (Å²) in [7, 11) is 2.88. The first-order valence-corrected chi connectivity index (χ1v) is 7.34. The molecule has 6 heteroatoms. The van der Waals surface area contributed by atoms with Gasteiger partial charge in [-0.3, -0.25) is 4.79 Å². The van der Waals surface area contributed by atoms with E-state index in [9.17, 15) is 9.59 Å². The highest BCUT2D eigenvalue weighted by Crippen LogP contribution is 2.29. The van der Waals surface area contributed by atoms with Gasteiger partial charge < -0.3 is 19.5 Å². The van der Waals surface area contributed by atoms with E-state index in [1.165, 1.54) is 21.1 Å². The number of hydrogen-bond donors (Lipinski definition) is 1. The lowest BCUT2D eigenvalue weighted by Gasteiger charge is -2.16. The highest BCUT2D eigenvalue weighted by atomic mass is 16.6. The number of carbonyl (C=O) groups excluding carboxylic acids is 2. The Labute approximate surface area is 140 Å². The molecule has 1 unspecified atom stereocenters. The van der Waals surface area contributed by atoms with Crippen molar-refractivity contribution in [2.75, 3.05) is 19.5 Å². The third kappa shape index (κ3) is 4.04. The van der Waals surface area contributed by atoms with Crippen LogP contribution in [0.5, 0.6) is 11.5 Å². The van der Waals surface area contributed by atoms with Crippen LogP contribution in [-0.4, -0.2) is 32.2 Å². The number of amides is 1. The Morgan fingerprint density at radius 1 is 0.917 bits per heavy atom. The normalized spacial score (nSPS) is 11.3. The van der Waals surface area contributed by atoms with Crippen LogP contribution in [0.4, 0.5) is 5.69 Å². The van der Waals surface area contributed by atoms with Crippen LogP contribution in [0.3, 0.4) is 0 Å². The largest absolute Gasteiger partial charge is 0.496 e. The summed E-state index contributed by atoms with van der Waals surface area (Å²) in [6.45, 7) is 1.50. The van der Waals surface area contributed by atoms with Crippen LogP contribution in [0.2, 0.25) is 0 Å². The van der Waals surface area contributed by atoms with Crippen molar-refractivity contribution in [2.45, 2.75) is 13.0 Å². The summed E-state index contributed by atoms with van der Waals surface area (Å²) in [5.74, 6) is -0.492. The standard InChI is InChI=1S/C18H19NO5/c1-12(17(20)19-13-8-5-4-6-9-13)24-18(21)16-14(22-2)10-7-11-15(16)23-3/h4-12H,1-3H3,(H,19,20). The van der Waals surface area contributed by atoms with E-state index in [1.54, 1.807) is 42.5 Å². The SMILES string of the molecule is COc1cccc(OC)c1C(=O)OC(C)C(=O)Nc1ccccc1. The third-order valence-corrected chi connectivity index (χ3v) is 3.33. The van der Waals surface area contributed by atoms with Crippen molar-refractivity contribution in [1.82, 2.24) is 0 Å². The van der Waals surface area contributed by atoms with Gasteiger partial charge in [0, 0.05) is 5.69 Å². The Morgan fingerprint density at radius 3 is 2.04 bits per heavy atom. The Morgan fingerprint density at radius 2 is 1.50 bits per heavy atom. The van der Waals surface area contributed by atoms with E-state index >= 15 is 0 Å². The molecule has 6 nitrogen and oxygen atoms in total. The van der Waals surface area contributed by atoms with Crippen LogP contribution in [-0.2, 0) is 9.53 Å². The fourth-order valence-electron chi connectivity index (χ4n) is 2.09. The maximum absolute atomic E-state index is 12.4. The molecular weight excluding hydrogens is 310 g/mol. The number of para-hydroxylation sites is 1. The predicted molar refractivity (Wildman–Crippen MR) is 89.5 cm³/mol. The number of carbonyl (C=O) groups is 2. The number of esters is 1. The van der Waals surface area contributed by atoms with Crippen molar-refractivity contribution in [3.63, 3.8) is 0 Å². The molecule has 1 atom stereocenters. The monoisotopic (exact) mass is 329 g/mol. The zero-order valence-corrected chi connectivity index (χ0v) is 13.7. The minimum Gasteiger partial charge on any atom is -0.496 e. The molecule has 2 rings (SSSR count). The zero-order chi connectivity index (χ0) is 17.5. The lowest BCUT2D eigenvalue weighted by Crippen LogP contribution is -2.30. The number of ether oxygens (including phenoxy) is 3. The molecule has 1 N–H and O–H groups in total. The van der Waals surface area contributed by atoms with E-state index in [0.717, 1.165) is 0 Å². The van der Waals surface area contributed by atoms with Crippen LogP contribution in [0.25, 0.3) is 0 Å². The van der Waals surface area contributed by atoms with Gasteiger partial charge in [-0.25, -0.2) is 4.79 Å². The molecule has 0 bridgehead atoms. The lowest BCUT2D eigenvalue weighted by molar-refractivity contribution is -0.123. The van der Waals surface area contributed by atoms with E-state index in [2.05, 4.69) is 5.32 Å². The average molecular weight is 329 g/mol. The highest BCUT2D eigenvalue weighted by molar-refractivity contribution is 5.99. The molecule has 0 aromatic heterocycles. The van der Waals surface area contributed by atoms with Crippen LogP contribution >= 0.6 is 0 Å². The van der Waals surface area contributed by atoms with E-state index < -0.39 is 18.0 Å². The summed E-state index contributed by atoms with van der Waals surface area (Å²) in [4.78, 5) is 24.5. The molecule has 0 saturated carbocycles. The summed E-state index contributed by atoms with van der Waals surface area (Å²) < 4.78 is 15.6. The average Bonchev–Trinajstić information content (AvgIpc) is 2.61. The summed E-state index contributed by atoms with van der Waals surface area (Å²) >= 11 is 0. The number of benzene rings is 2. The molecule has 0 radical (unpaired) electrons. The summed E-state index contributed by atoms with van der Waals surface area (Å²) in [6.07, 6.45) is -0.979. The minimum absolute atomic E-state index is 0.141. The molecule has 0 aliphatic carbocycles. The van der Waals surface area contributed by atoms with Crippen LogP contribution < -0.4 is 14.8 Å². The van der Waals surface area contributed by atoms with E-state index in [1.807, 2.05) is 6.07 Å². The third-order valence-electron chi connectivity index (χ3n) is 3.33. The zero-order valence-electron chi connectivity index (χ0n) is 13.7. The Balaban J connectivity index is 2.10. The van der Waals surface area contributed by atoms with E-state index in [-0.39, 0.29) is 5.56 Å². The van der Waals surface area contributed by atoms with Crippen LogP contribution in [0.15, 0.2) is 48.5 Å². The van der Waals surface area contributed by atoms with Gasteiger partial charge in [-0.15, -0.1) is 0 Å². The van der Waals surface area contributed by atoms with Gasteiger partial charge in [-0.2, -0.15) is 0 Å². The van der Waals surface area contributed by atoms with Crippen molar-refractivity contribution in [3.8, 4) is 11.5 Å². The number of rotatable bonds is 6. The highest BCUT2D eigenvalue weighted by Gasteiger charge is 2.24. The minimum atomic E-state index is -0.979. The van der Waals surface area contributed by atoms with Crippen molar-refractivity contribution in [1.29, 1.82) is 0 Å². The van der Waals surface area contributed by atoms with Gasteiger partial charge in [0.05, 0.1) is 14.2 Å². The van der Waals surface area contributed by atoms with Gasteiger partial charge in [-0.1, -0.05) is 24.3 Å². The van der Waals surface area contributed by atoms with Gasteiger partial charge in [0.1, 0.15) is 17.1 Å². The fourth-order valence-corrected chi connectivity index (χ4v) is 2.09. The smallest absolute Gasteiger partial charge is 0.346 e. The molecule has 0 heterocycles. The van der Waals surface area contributed by atoms with Crippen molar-refractivity contribution in [2.24, 2.45) is 0 Å². The topological polar surface area (TPSA) is 73.9 Å². The second-order valence-electron chi connectivity index (χ2n) is 4.94. The first-order valence-electron chi connectivity index (χ1n) is 7.34. The number of anilines is 1. The predicted octanol–water partition coefficient (Wildman–Crippen LogP) is 2.89. The molecule has 126 valence electrons. The summed E-state index contributed by atoms with van der Waals surface area (Å²) in [6, 6.07) is 13.9. The molecule has 2 aromatic rings. The van der Waals surface area contributed by atoms with Crippen molar-refractivity contribution >= 4 is 17.6 Å². The Hall–Kier alpha value is -3.02. The van der Waals surface area contributed by atoms with E-state index in [0.29, 0.717) is 17.2 Å². The Kier molecular flexibility index (Phi) is 5.78. The molecule has 1 amide bonds. The lowest BCUT2D eigenvalue weighted by atomic mass is 10.1. The second-order valence-corrected chi connectivity index (χ2v) is 4.94. The first kappa shape index (κ1) is 17.3. The molecule has 0 spiro atoms. The molecule has 2 aromatic carbocycles. The molecular formula is C18H19NO5. The summed E-state index contributed by atoms with van der Waals surface area (Å²) in [5, 5.41) is 2.68. The molecule has 0 fully saturated rings. The van der Waals surface area contributed by atoms with Crippen molar-refractivity contribution in [3.05, 3.63) is 54.1 Å². The molecule has 24 heavy (non-hydrogen) atoms. The molecule has 0 aliphatic rings. The number of methoxy groups -OCH3 is 2. The van der Waals surface area contributed by atoms with Gasteiger partial charge in [0.2, 0.25) is 0 Å². The maximum Gasteiger partial charge on any atom is 0.346 e. The second kappa shape index (κ2) is 8.01. The fraction of sp³-hybridized carbons (Fsp3) is 0.222. The Bertz CT molecular complexity index is 692. The summed E-state index contributed by atoms with van der Waals surface area (Å²) in [5.41, 5.74) is 0.766. The quantitative estimate of drug-likeness (QED) is 0.825. The van der Waals surface area contributed by atoms with Crippen molar-refractivity contribution < 1.29 is 23.8 Å². The molecule has 0 saturated heterocycles. The van der Waals surface area contributed by atoms with Gasteiger partial charge in [0.25, 0.3) is 5.91 Å². The van der Waals surface area contributed by atoms with Gasteiger partial charge >= 0.3 is 5.97 Å². The van der Waals surface area contributed by atoms with E-state index in [4.69, 9.17) is 14.2 Å². The van der Waals surface area contributed by atoms with Crippen LogP contribution in [0.1, 0.15) is 17.3 Å².